The average molecular weight is 188 g/mol. The van der Waals surface area contributed by atoms with E-state index in [1.54, 1.807) is 12.1 Å². The first kappa shape index (κ1) is 8.43. The fraction of sp³-hybridized carbons (Fsp3) is 0. The maximum absolute atomic E-state index is 11.4. The van der Waals surface area contributed by atoms with Crippen LogP contribution in [0.1, 0.15) is 10.6 Å². The smallest absolute Gasteiger partial charge is 0.292 e. The van der Waals surface area contributed by atoms with Gasteiger partial charge in [-0.25, -0.2) is 4.98 Å². The standard InChI is InChI=1S/C9H8N4O/c14-9(8-10-6-11-13-8)12-7-4-2-1-3-5-7/h1-6H,(H,12,14)(H,10,11,13). The molecular formula is C9H8N4O. The summed E-state index contributed by atoms with van der Waals surface area (Å²) < 4.78 is 0. The topological polar surface area (TPSA) is 70.7 Å². The van der Waals surface area contributed by atoms with Gasteiger partial charge in [-0.1, -0.05) is 18.2 Å². The Bertz CT molecular complexity index is 410. The molecule has 1 heterocycles. The number of H-pyrrole nitrogens is 1. The minimum absolute atomic E-state index is 0.203. The highest BCUT2D eigenvalue weighted by molar-refractivity contribution is 6.01. The molecule has 0 aliphatic heterocycles. The lowest BCUT2D eigenvalue weighted by atomic mass is 10.3. The summed E-state index contributed by atoms with van der Waals surface area (Å²) in [7, 11) is 0. The Morgan fingerprint density at radius 2 is 2.07 bits per heavy atom. The lowest BCUT2D eigenvalue weighted by molar-refractivity contribution is 0.101. The summed E-state index contributed by atoms with van der Waals surface area (Å²) >= 11 is 0. The first-order chi connectivity index (χ1) is 6.86. The van der Waals surface area contributed by atoms with Gasteiger partial charge in [-0.3, -0.25) is 9.89 Å². The van der Waals surface area contributed by atoms with Crippen LogP contribution < -0.4 is 5.32 Å². The molecule has 2 aromatic rings. The maximum atomic E-state index is 11.4. The lowest BCUT2D eigenvalue weighted by Crippen LogP contribution is -2.13. The molecule has 0 saturated carbocycles. The van der Waals surface area contributed by atoms with Crippen LogP contribution in [-0.2, 0) is 0 Å². The van der Waals surface area contributed by atoms with E-state index in [1.165, 1.54) is 6.33 Å². The Hall–Kier alpha value is -2.17. The second kappa shape index (κ2) is 3.69. The quantitative estimate of drug-likeness (QED) is 0.740. The second-order valence-electron chi connectivity index (χ2n) is 2.65. The van der Waals surface area contributed by atoms with Crippen molar-refractivity contribution in [2.75, 3.05) is 5.32 Å². The van der Waals surface area contributed by atoms with E-state index >= 15 is 0 Å². The number of para-hydroxylation sites is 1. The third-order valence-corrected chi connectivity index (χ3v) is 1.66. The number of rotatable bonds is 2. The van der Waals surface area contributed by atoms with E-state index in [1.807, 2.05) is 18.2 Å². The number of nitrogens with zero attached hydrogens (tertiary/aromatic N) is 2. The molecule has 2 rings (SSSR count). The fourth-order valence-corrected chi connectivity index (χ4v) is 1.03. The summed E-state index contributed by atoms with van der Waals surface area (Å²) in [6.07, 6.45) is 1.29. The van der Waals surface area contributed by atoms with Gasteiger partial charge < -0.3 is 5.32 Å². The highest BCUT2D eigenvalue weighted by atomic mass is 16.2. The number of aromatic nitrogens is 3. The number of carbonyl (C=O) groups is 1. The maximum Gasteiger partial charge on any atom is 0.292 e. The van der Waals surface area contributed by atoms with Gasteiger partial charge in [0, 0.05) is 5.69 Å². The fourth-order valence-electron chi connectivity index (χ4n) is 1.03. The van der Waals surface area contributed by atoms with E-state index in [4.69, 9.17) is 0 Å². The molecular weight excluding hydrogens is 180 g/mol. The van der Waals surface area contributed by atoms with Crippen LogP contribution in [0.3, 0.4) is 0 Å². The van der Waals surface area contributed by atoms with Gasteiger partial charge in [0.2, 0.25) is 5.82 Å². The van der Waals surface area contributed by atoms with E-state index in [0.717, 1.165) is 5.69 Å². The zero-order valence-corrected chi connectivity index (χ0v) is 7.27. The third-order valence-electron chi connectivity index (χ3n) is 1.66. The van der Waals surface area contributed by atoms with Gasteiger partial charge in [0.1, 0.15) is 6.33 Å². The zero-order chi connectivity index (χ0) is 9.80. The third kappa shape index (κ3) is 1.77. The van der Waals surface area contributed by atoms with Crippen molar-refractivity contribution in [3.8, 4) is 0 Å². The Morgan fingerprint density at radius 3 is 2.71 bits per heavy atom. The molecule has 0 spiro atoms. The summed E-state index contributed by atoms with van der Waals surface area (Å²) in [4.78, 5) is 15.2. The normalized spacial score (nSPS) is 9.71. The molecule has 0 fully saturated rings. The molecule has 0 aliphatic carbocycles. The molecule has 0 aliphatic rings. The van der Waals surface area contributed by atoms with Crippen molar-refractivity contribution in [3.63, 3.8) is 0 Å². The molecule has 1 amide bonds. The molecule has 5 nitrogen and oxygen atoms in total. The Morgan fingerprint density at radius 1 is 1.29 bits per heavy atom. The van der Waals surface area contributed by atoms with Gasteiger partial charge >= 0.3 is 0 Å². The molecule has 0 atom stereocenters. The van der Waals surface area contributed by atoms with E-state index in [0.29, 0.717) is 0 Å². The predicted molar refractivity (Wildman–Crippen MR) is 50.8 cm³/mol. The van der Waals surface area contributed by atoms with Crippen molar-refractivity contribution >= 4 is 11.6 Å². The number of nitrogens with one attached hydrogen (secondary N) is 2. The van der Waals surface area contributed by atoms with Crippen molar-refractivity contribution in [2.45, 2.75) is 0 Å². The SMILES string of the molecule is O=C(Nc1ccccc1)c1ncn[nH]1. The van der Waals surface area contributed by atoms with Gasteiger partial charge in [-0.15, -0.1) is 0 Å². The lowest BCUT2D eigenvalue weighted by Gasteiger charge is -2.00. The van der Waals surface area contributed by atoms with Crippen molar-refractivity contribution in [1.82, 2.24) is 15.2 Å². The van der Waals surface area contributed by atoms with Crippen LogP contribution in [0.4, 0.5) is 5.69 Å². The Kier molecular flexibility index (Phi) is 2.22. The summed E-state index contributed by atoms with van der Waals surface area (Å²) in [6, 6.07) is 9.17. The van der Waals surface area contributed by atoms with Crippen LogP contribution in [0.25, 0.3) is 0 Å². The first-order valence-corrected chi connectivity index (χ1v) is 4.08. The Balaban J connectivity index is 2.10. The molecule has 0 radical (unpaired) electrons. The summed E-state index contributed by atoms with van der Waals surface area (Å²) in [6.45, 7) is 0. The van der Waals surface area contributed by atoms with Crippen molar-refractivity contribution < 1.29 is 4.79 Å². The molecule has 1 aromatic heterocycles. The highest BCUT2D eigenvalue weighted by Crippen LogP contribution is 2.05. The number of carbonyl (C=O) groups excluding carboxylic acids is 1. The van der Waals surface area contributed by atoms with Crippen LogP contribution in [0.2, 0.25) is 0 Å². The van der Waals surface area contributed by atoms with E-state index in [-0.39, 0.29) is 11.7 Å². The number of hydrogen-bond donors (Lipinski definition) is 2. The number of aromatic amines is 1. The number of hydrogen-bond acceptors (Lipinski definition) is 3. The molecule has 5 heteroatoms. The highest BCUT2D eigenvalue weighted by Gasteiger charge is 2.07. The van der Waals surface area contributed by atoms with Crippen molar-refractivity contribution in [2.24, 2.45) is 0 Å². The monoisotopic (exact) mass is 188 g/mol. The van der Waals surface area contributed by atoms with E-state index < -0.39 is 0 Å². The summed E-state index contributed by atoms with van der Waals surface area (Å²) in [5.41, 5.74) is 0.730. The van der Waals surface area contributed by atoms with Gasteiger partial charge in [0.15, 0.2) is 0 Å². The molecule has 70 valence electrons. The zero-order valence-electron chi connectivity index (χ0n) is 7.27. The molecule has 0 bridgehead atoms. The number of anilines is 1. The molecule has 2 N–H and O–H groups in total. The van der Waals surface area contributed by atoms with Crippen molar-refractivity contribution in [1.29, 1.82) is 0 Å². The van der Waals surface area contributed by atoms with Crippen LogP contribution in [0, 0.1) is 0 Å². The van der Waals surface area contributed by atoms with Crippen LogP contribution in [-0.4, -0.2) is 21.1 Å². The summed E-state index contributed by atoms with van der Waals surface area (Å²) in [5, 5.41) is 8.74. The van der Waals surface area contributed by atoms with Crippen LogP contribution >= 0.6 is 0 Å². The number of benzene rings is 1. The average Bonchev–Trinajstić information content (AvgIpc) is 2.72. The largest absolute Gasteiger partial charge is 0.319 e. The first-order valence-electron chi connectivity index (χ1n) is 4.08. The molecule has 1 aromatic carbocycles. The molecule has 14 heavy (non-hydrogen) atoms. The van der Waals surface area contributed by atoms with E-state index in [2.05, 4.69) is 20.5 Å². The van der Waals surface area contributed by atoms with Crippen LogP contribution in [0.5, 0.6) is 0 Å². The van der Waals surface area contributed by atoms with Gasteiger partial charge in [-0.2, -0.15) is 5.10 Å². The minimum Gasteiger partial charge on any atom is -0.319 e. The van der Waals surface area contributed by atoms with Crippen molar-refractivity contribution in [3.05, 3.63) is 42.5 Å². The van der Waals surface area contributed by atoms with E-state index in [9.17, 15) is 4.79 Å². The number of amides is 1. The minimum atomic E-state index is -0.297. The molecule has 0 unspecified atom stereocenters. The van der Waals surface area contributed by atoms with Crippen LogP contribution in [0.15, 0.2) is 36.7 Å². The predicted octanol–water partition coefficient (Wildman–Crippen LogP) is 1.06. The second-order valence-corrected chi connectivity index (χ2v) is 2.65. The summed E-state index contributed by atoms with van der Waals surface area (Å²) in [5.74, 6) is -0.0949. The molecule has 0 saturated heterocycles. The van der Waals surface area contributed by atoms with Gasteiger partial charge in [-0.05, 0) is 12.1 Å². The van der Waals surface area contributed by atoms with Gasteiger partial charge in [0.25, 0.3) is 5.91 Å². The Labute approximate surface area is 80.2 Å². The van der Waals surface area contributed by atoms with Gasteiger partial charge in [0.05, 0.1) is 0 Å².